The van der Waals surface area contributed by atoms with E-state index >= 15 is 0 Å². The van der Waals surface area contributed by atoms with Gasteiger partial charge in [-0.15, -0.1) is 0 Å². The van der Waals surface area contributed by atoms with Crippen molar-refractivity contribution in [3.05, 3.63) is 53.3 Å². The molecular formula is C13H15N3. The van der Waals surface area contributed by atoms with Crippen molar-refractivity contribution in [1.29, 1.82) is 0 Å². The number of benzene rings is 1. The molecule has 3 heteroatoms. The normalized spacial score (nSPS) is 20.0. The van der Waals surface area contributed by atoms with E-state index in [0.29, 0.717) is 5.92 Å². The highest BCUT2D eigenvalue weighted by molar-refractivity contribution is 5.42. The van der Waals surface area contributed by atoms with Crippen molar-refractivity contribution in [1.82, 2.24) is 9.78 Å². The Morgan fingerprint density at radius 1 is 1.38 bits per heavy atom. The van der Waals surface area contributed by atoms with Gasteiger partial charge in [0.05, 0.1) is 11.7 Å². The molecule has 3 rings (SSSR count). The number of nitrogens with two attached hydrogens (primary N) is 1. The van der Waals surface area contributed by atoms with Gasteiger partial charge in [0, 0.05) is 19.2 Å². The summed E-state index contributed by atoms with van der Waals surface area (Å²) in [5.74, 6) is 0.436. The zero-order chi connectivity index (χ0) is 11.1. The molecule has 2 atom stereocenters. The molecule has 0 aliphatic heterocycles. The predicted octanol–water partition coefficient (Wildman–Crippen LogP) is 1.76. The van der Waals surface area contributed by atoms with Crippen molar-refractivity contribution in [2.24, 2.45) is 12.8 Å². The molecule has 1 heterocycles. The molecule has 0 amide bonds. The Labute approximate surface area is 94.9 Å². The minimum absolute atomic E-state index is 0.0242. The van der Waals surface area contributed by atoms with Crippen LogP contribution in [0, 0.1) is 0 Å². The molecule has 82 valence electrons. The fourth-order valence-corrected chi connectivity index (χ4v) is 2.43. The number of aryl methyl sites for hydroxylation is 1. The number of hydrogen-bond acceptors (Lipinski definition) is 2. The standard InChI is InChI=1S/C13H15N3/c1-16-7-6-12(15-16)13(14)11-8-9-4-2-3-5-10(9)11/h2-7,11,13H,8,14H2,1H3. The van der Waals surface area contributed by atoms with Crippen molar-refractivity contribution in [3.8, 4) is 0 Å². The highest BCUT2D eigenvalue weighted by Gasteiger charge is 2.32. The summed E-state index contributed by atoms with van der Waals surface area (Å²) >= 11 is 0. The van der Waals surface area contributed by atoms with Gasteiger partial charge in [0.15, 0.2) is 0 Å². The van der Waals surface area contributed by atoms with Crippen LogP contribution in [0.1, 0.15) is 28.8 Å². The zero-order valence-corrected chi connectivity index (χ0v) is 9.30. The van der Waals surface area contributed by atoms with E-state index in [-0.39, 0.29) is 6.04 Å². The first kappa shape index (κ1) is 9.60. The number of hydrogen-bond donors (Lipinski definition) is 1. The van der Waals surface area contributed by atoms with Gasteiger partial charge in [-0.2, -0.15) is 5.10 Å². The summed E-state index contributed by atoms with van der Waals surface area (Å²) in [7, 11) is 1.92. The third-order valence-electron chi connectivity index (χ3n) is 3.40. The lowest BCUT2D eigenvalue weighted by Crippen LogP contribution is -2.29. The van der Waals surface area contributed by atoms with E-state index in [9.17, 15) is 0 Å². The van der Waals surface area contributed by atoms with Gasteiger partial charge in [0.2, 0.25) is 0 Å². The van der Waals surface area contributed by atoms with E-state index in [4.69, 9.17) is 5.73 Å². The molecule has 1 aromatic heterocycles. The van der Waals surface area contributed by atoms with Crippen LogP contribution in [-0.4, -0.2) is 9.78 Å². The van der Waals surface area contributed by atoms with Crippen molar-refractivity contribution >= 4 is 0 Å². The lowest BCUT2D eigenvalue weighted by Gasteiger charge is -2.33. The Morgan fingerprint density at radius 3 is 2.88 bits per heavy atom. The molecule has 0 bridgehead atoms. The molecule has 2 N–H and O–H groups in total. The molecule has 0 spiro atoms. The van der Waals surface area contributed by atoms with E-state index in [1.807, 2.05) is 19.3 Å². The van der Waals surface area contributed by atoms with Crippen LogP contribution in [0.15, 0.2) is 36.5 Å². The van der Waals surface area contributed by atoms with Gasteiger partial charge in [-0.3, -0.25) is 4.68 Å². The van der Waals surface area contributed by atoms with E-state index in [1.54, 1.807) is 4.68 Å². The second-order valence-corrected chi connectivity index (χ2v) is 4.45. The lowest BCUT2D eigenvalue weighted by atomic mass is 9.73. The first-order valence-corrected chi connectivity index (χ1v) is 5.58. The molecular weight excluding hydrogens is 198 g/mol. The van der Waals surface area contributed by atoms with Crippen LogP contribution in [0.2, 0.25) is 0 Å². The molecule has 2 aromatic rings. The van der Waals surface area contributed by atoms with E-state index in [0.717, 1.165) is 12.1 Å². The summed E-state index contributed by atoms with van der Waals surface area (Å²) in [5, 5.41) is 4.38. The van der Waals surface area contributed by atoms with Crippen LogP contribution in [0.5, 0.6) is 0 Å². The maximum absolute atomic E-state index is 6.25. The maximum atomic E-state index is 6.25. The molecule has 2 unspecified atom stereocenters. The highest BCUT2D eigenvalue weighted by atomic mass is 15.3. The van der Waals surface area contributed by atoms with Gasteiger partial charge in [-0.1, -0.05) is 24.3 Å². The molecule has 0 radical (unpaired) electrons. The highest BCUT2D eigenvalue weighted by Crippen LogP contribution is 2.41. The number of fused-ring (bicyclic) bond motifs is 1. The number of nitrogens with zero attached hydrogens (tertiary/aromatic N) is 2. The zero-order valence-electron chi connectivity index (χ0n) is 9.30. The Kier molecular flexibility index (Phi) is 2.07. The second kappa shape index (κ2) is 3.46. The van der Waals surface area contributed by atoms with Crippen molar-refractivity contribution in [3.63, 3.8) is 0 Å². The summed E-state index contributed by atoms with van der Waals surface area (Å²) < 4.78 is 1.81. The SMILES string of the molecule is Cn1ccc(C(N)C2Cc3ccccc32)n1. The van der Waals surface area contributed by atoms with Gasteiger partial charge in [0.1, 0.15) is 0 Å². The quantitative estimate of drug-likeness (QED) is 0.826. The van der Waals surface area contributed by atoms with Crippen LogP contribution in [0.4, 0.5) is 0 Å². The van der Waals surface area contributed by atoms with Crippen LogP contribution >= 0.6 is 0 Å². The second-order valence-electron chi connectivity index (χ2n) is 4.45. The fraction of sp³-hybridized carbons (Fsp3) is 0.308. The monoisotopic (exact) mass is 213 g/mol. The molecule has 0 saturated heterocycles. The topological polar surface area (TPSA) is 43.8 Å². The summed E-state index contributed by atoms with van der Waals surface area (Å²) in [5.41, 5.74) is 10.1. The number of rotatable bonds is 2. The van der Waals surface area contributed by atoms with Gasteiger partial charge in [0.25, 0.3) is 0 Å². The molecule has 0 saturated carbocycles. The van der Waals surface area contributed by atoms with Gasteiger partial charge in [-0.25, -0.2) is 0 Å². The Balaban J connectivity index is 1.87. The van der Waals surface area contributed by atoms with E-state index in [2.05, 4.69) is 29.4 Å². The molecule has 1 aliphatic carbocycles. The third-order valence-corrected chi connectivity index (χ3v) is 3.40. The molecule has 16 heavy (non-hydrogen) atoms. The van der Waals surface area contributed by atoms with Crippen LogP contribution in [-0.2, 0) is 13.5 Å². The third kappa shape index (κ3) is 1.36. The van der Waals surface area contributed by atoms with E-state index < -0.39 is 0 Å². The first-order valence-electron chi connectivity index (χ1n) is 5.58. The Hall–Kier alpha value is -1.61. The fourth-order valence-electron chi connectivity index (χ4n) is 2.43. The van der Waals surface area contributed by atoms with Crippen LogP contribution in [0.3, 0.4) is 0 Å². The molecule has 0 fully saturated rings. The Bertz CT molecular complexity index is 515. The maximum Gasteiger partial charge on any atom is 0.0798 e. The number of aromatic nitrogens is 2. The summed E-state index contributed by atoms with van der Waals surface area (Å²) in [4.78, 5) is 0. The largest absolute Gasteiger partial charge is 0.322 e. The molecule has 1 aliphatic rings. The predicted molar refractivity (Wildman–Crippen MR) is 63.0 cm³/mol. The summed E-state index contributed by atoms with van der Waals surface area (Å²) in [6.45, 7) is 0. The minimum atomic E-state index is 0.0242. The summed E-state index contributed by atoms with van der Waals surface area (Å²) in [6.07, 6.45) is 3.02. The first-order chi connectivity index (χ1) is 7.75. The van der Waals surface area contributed by atoms with Crippen molar-refractivity contribution < 1.29 is 0 Å². The smallest absolute Gasteiger partial charge is 0.0798 e. The van der Waals surface area contributed by atoms with Crippen molar-refractivity contribution in [2.75, 3.05) is 0 Å². The lowest BCUT2D eigenvalue weighted by molar-refractivity contribution is 0.485. The average Bonchev–Trinajstić information content (AvgIpc) is 2.67. The van der Waals surface area contributed by atoms with Crippen LogP contribution < -0.4 is 5.73 Å². The van der Waals surface area contributed by atoms with E-state index in [1.165, 1.54) is 11.1 Å². The van der Waals surface area contributed by atoms with Gasteiger partial charge in [-0.05, 0) is 23.6 Å². The average molecular weight is 213 g/mol. The van der Waals surface area contributed by atoms with Crippen molar-refractivity contribution in [2.45, 2.75) is 18.4 Å². The van der Waals surface area contributed by atoms with Gasteiger partial charge >= 0.3 is 0 Å². The van der Waals surface area contributed by atoms with Gasteiger partial charge < -0.3 is 5.73 Å². The molecule has 1 aromatic carbocycles. The Morgan fingerprint density at radius 2 is 2.19 bits per heavy atom. The minimum Gasteiger partial charge on any atom is -0.322 e. The molecule has 3 nitrogen and oxygen atoms in total. The van der Waals surface area contributed by atoms with Crippen LogP contribution in [0.25, 0.3) is 0 Å². The summed E-state index contributed by atoms with van der Waals surface area (Å²) in [6, 6.07) is 10.5.